The SMILES string of the molecule is Cc1cccc(C)c1-n1nnnc1CN1CCOC2CCCCC21. The highest BCUT2D eigenvalue weighted by atomic mass is 16.5. The van der Waals surface area contributed by atoms with Gasteiger partial charge in [-0.25, -0.2) is 0 Å². The summed E-state index contributed by atoms with van der Waals surface area (Å²) in [6, 6.07) is 6.81. The van der Waals surface area contributed by atoms with Crippen LogP contribution in [-0.4, -0.2) is 50.4 Å². The van der Waals surface area contributed by atoms with E-state index in [4.69, 9.17) is 4.74 Å². The van der Waals surface area contributed by atoms with Crippen molar-refractivity contribution in [1.82, 2.24) is 25.1 Å². The van der Waals surface area contributed by atoms with Crippen molar-refractivity contribution in [2.45, 2.75) is 58.2 Å². The van der Waals surface area contributed by atoms with Crippen LogP contribution in [0.2, 0.25) is 0 Å². The summed E-state index contributed by atoms with van der Waals surface area (Å²) in [7, 11) is 0. The zero-order chi connectivity index (χ0) is 16.5. The van der Waals surface area contributed by atoms with Crippen LogP contribution in [0.5, 0.6) is 0 Å². The van der Waals surface area contributed by atoms with E-state index in [1.54, 1.807) is 0 Å². The van der Waals surface area contributed by atoms with Gasteiger partial charge >= 0.3 is 0 Å². The number of tetrazole rings is 1. The summed E-state index contributed by atoms with van der Waals surface area (Å²) in [6.45, 7) is 6.78. The normalized spacial score (nSPS) is 24.8. The first kappa shape index (κ1) is 15.7. The molecule has 2 fully saturated rings. The van der Waals surface area contributed by atoms with E-state index >= 15 is 0 Å². The number of fused-ring (bicyclic) bond motifs is 1. The molecule has 1 aliphatic carbocycles. The van der Waals surface area contributed by atoms with Gasteiger partial charge in [-0.1, -0.05) is 31.0 Å². The molecule has 128 valence electrons. The molecule has 2 aromatic rings. The molecule has 2 atom stereocenters. The third-order valence-corrected chi connectivity index (χ3v) is 5.38. The van der Waals surface area contributed by atoms with Gasteiger partial charge in [0, 0.05) is 12.6 Å². The maximum absolute atomic E-state index is 5.98. The number of aryl methyl sites for hydroxylation is 2. The quantitative estimate of drug-likeness (QED) is 0.866. The maximum atomic E-state index is 5.98. The fourth-order valence-electron chi connectivity index (χ4n) is 4.17. The van der Waals surface area contributed by atoms with Crippen LogP contribution < -0.4 is 0 Å². The molecule has 0 bridgehead atoms. The third-order valence-electron chi connectivity index (χ3n) is 5.38. The van der Waals surface area contributed by atoms with Crippen LogP contribution in [0.25, 0.3) is 5.69 Å². The minimum Gasteiger partial charge on any atom is -0.375 e. The molecule has 1 aromatic carbocycles. The highest BCUT2D eigenvalue weighted by Crippen LogP contribution is 2.29. The minimum atomic E-state index is 0.386. The first-order chi connectivity index (χ1) is 11.7. The molecule has 24 heavy (non-hydrogen) atoms. The molecule has 0 spiro atoms. The lowest BCUT2D eigenvalue weighted by atomic mass is 9.90. The van der Waals surface area contributed by atoms with Crippen molar-refractivity contribution >= 4 is 0 Å². The van der Waals surface area contributed by atoms with Crippen molar-refractivity contribution in [2.24, 2.45) is 0 Å². The Balaban J connectivity index is 1.61. The Labute approximate surface area is 142 Å². The molecule has 2 aliphatic rings. The van der Waals surface area contributed by atoms with Crippen LogP contribution in [0, 0.1) is 13.8 Å². The predicted molar refractivity (Wildman–Crippen MR) is 91.0 cm³/mol. The Kier molecular flexibility index (Phi) is 4.33. The lowest BCUT2D eigenvalue weighted by Gasteiger charge is -2.43. The summed E-state index contributed by atoms with van der Waals surface area (Å²) in [5, 5.41) is 12.6. The minimum absolute atomic E-state index is 0.386. The molecule has 1 saturated carbocycles. The van der Waals surface area contributed by atoms with Gasteiger partial charge in [-0.2, -0.15) is 4.68 Å². The summed E-state index contributed by atoms with van der Waals surface area (Å²) in [5.74, 6) is 0.915. The molecule has 4 rings (SSSR count). The number of benzene rings is 1. The van der Waals surface area contributed by atoms with Crippen molar-refractivity contribution in [3.63, 3.8) is 0 Å². The number of hydrogen-bond donors (Lipinski definition) is 0. The van der Waals surface area contributed by atoms with E-state index in [2.05, 4.69) is 52.5 Å². The summed E-state index contributed by atoms with van der Waals surface area (Å²) >= 11 is 0. The van der Waals surface area contributed by atoms with E-state index in [0.29, 0.717) is 12.1 Å². The second kappa shape index (κ2) is 6.61. The van der Waals surface area contributed by atoms with Gasteiger partial charge in [0.05, 0.1) is 24.9 Å². The van der Waals surface area contributed by atoms with Gasteiger partial charge in [-0.3, -0.25) is 4.90 Å². The van der Waals surface area contributed by atoms with Gasteiger partial charge in [-0.15, -0.1) is 5.10 Å². The fourth-order valence-corrected chi connectivity index (χ4v) is 4.17. The van der Waals surface area contributed by atoms with Crippen molar-refractivity contribution < 1.29 is 4.74 Å². The fraction of sp³-hybridized carbons (Fsp3) is 0.611. The molecule has 1 saturated heterocycles. The zero-order valence-electron chi connectivity index (χ0n) is 14.5. The average Bonchev–Trinajstić information content (AvgIpc) is 3.03. The van der Waals surface area contributed by atoms with Crippen molar-refractivity contribution in [1.29, 1.82) is 0 Å². The van der Waals surface area contributed by atoms with E-state index in [-0.39, 0.29) is 0 Å². The van der Waals surface area contributed by atoms with Gasteiger partial charge in [0.2, 0.25) is 0 Å². The standard InChI is InChI=1S/C18H25N5O/c1-13-6-5-7-14(2)18(13)23-17(19-20-21-23)12-22-10-11-24-16-9-4-3-8-15(16)22/h5-7,15-16H,3-4,8-12H2,1-2H3. The van der Waals surface area contributed by atoms with Crippen LogP contribution in [-0.2, 0) is 11.3 Å². The number of nitrogens with zero attached hydrogens (tertiary/aromatic N) is 5. The molecule has 0 radical (unpaired) electrons. The molecule has 2 unspecified atom stereocenters. The molecular formula is C18H25N5O. The molecule has 1 aliphatic heterocycles. The summed E-state index contributed by atoms with van der Waals surface area (Å²) < 4.78 is 7.90. The van der Waals surface area contributed by atoms with E-state index in [0.717, 1.165) is 31.2 Å². The summed E-state index contributed by atoms with van der Waals surface area (Å²) in [5.41, 5.74) is 3.49. The van der Waals surface area contributed by atoms with Gasteiger partial charge in [-0.05, 0) is 48.2 Å². The maximum Gasteiger partial charge on any atom is 0.170 e. The highest BCUT2D eigenvalue weighted by molar-refractivity contribution is 5.46. The molecule has 1 aromatic heterocycles. The lowest BCUT2D eigenvalue weighted by Crippen LogP contribution is -2.52. The smallest absolute Gasteiger partial charge is 0.170 e. The topological polar surface area (TPSA) is 56.1 Å². The second-order valence-electron chi connectivity index (χ2n) is 6.98. The Hall–Kier alpha value is -1.79. The largest absolute Gasteiger partial charge is 0.375 e. The summed E-state index contributed by atoms with van der Waals surface area (Å²) in [4.78, 5) is 2.52. The lowest BCUT2D eigenvalue weighted by molar-refractivity contribution is -0.0919. The molecular weight excluding hydrogens is 302 g/mol. The van der Waals surface area contributed by atoms with Crippen LogP contribution in [0.15, 0.2) is 18.2 Å². The first-order valence-electron chi connectivity index (χ1n) is 8.93. The Bertz CT molecular complexity index is 691. The van der Waals surface area contributed by atoms with Crippen LogP contribution >= 0.6 is 0 Å². The van der Waals surface area contributed by atoms with Crippen LogP contribution in [0.3, 0.4) is 0 Å². The van der Waals surface area contributed by atoms with E-state index < -0.39 is 0 Å². The molecule has 0 N–H and O–H groups in total. The zero-order valence-corrected chi connectivity index (χ0v) is 14.5. The molecule has 6 heteroatoms. The number of hydrogen-bond acceptors (Lipinski definition) is 5. The molecule has 2 heterocycles. The second-order valence-corrected chi connectivity index (χ2v) is 6.98. The van der Waals surface area contributed by atoms with Gasteiger partial charge in [0.15, 0.2) is 5.82 Å². The predicted octanol–water partition coefficient (Wildman–Crippen LogP) is 2.42. The van der Waals surface area contributed by atoms with E-state index in [1.807, 2.05) is 4.68 Å². The Morgan fingerprint density at radius 3 is 2.79 bits per heavy atom. The molecule has 6 nitrogen and oxygen atoms in total. The van der Waals surface area contributed by atoms with E-state index in [1.165, 1.54) is 36.8 Å². The van der Waals surface area contributed by atoms with Crippen LogP contribution in [0.4, 0.5) is 0 Å². The van der Waals surface area contributed by atoms with Crippen molar-refractivity contribution in [2.75, 3.05) is 13.2 Å². The molecule has 0 amide bonds. The van der Waals surface area contributed by atoms with Gasteiger partial charge < -0.3 is 4.74 Å². The van der Waals surface area contributed by atoms with Crippen molar-refractivity contribution in [3.8, 4) is 5.69 Å². The summed E-state index contributed by atoms with van der Waals surface area (Å²) in [6.07, 6.45) is 5.37. The monoisotopic (exact) mass is 327 g/mol. The number of para-hydroxylation sites is 1. The Morgan fingerprint density at radius 2 is 1.96 bits per heavy atom. The van der Waals surface area contributed by atoms with Gasteiger partial charge in [0.1, 0.15) is 0 Å². The third kappa shape index (κ3) is 2.84. The number of ether oxygens (including phenoxy) is 1. The number of morpholine rings is 1. The Morgan fingerprint density at radius 1 is 1.17 bits per heavy atom. The number of rotatable bonds is 3. The van der Waals surface area contributed by atoms with Gasteiger partial charge in [0.25, 0.3) is 0 Å². The first-order valence-corrected chi connectivity index (χ1v) is 8.93. The van der Waals surface area contributed by atoms with E-state index in [9.17, 15) is 0 Å². The van der Waals surface area contributed by atoms with Crippen LogP contribution in [0.1, 0.15) is 42.6 Å². The average molecular weight is 327 g/mol. The van der Waals surface area contributed by atoms with Crippen molar-refractivity contribution in [3.05, 3.63) is 35.2 Å². The highest BCUT2D eigenvalue weighted by Gasteiger charge is 2.34. The number of aromatic nitrogens is 4.